The Hall–Kier alpha value is -1.56. The van der Waals surface area contributed by atoms with Gasteiger partial charge in [-0.05, 0) is 92.2 Å². The molecule has 0 spiro atoms. The highest BCUT2D eigenvalue weighted by molar-refractivity contribution is 7.97. The van der Waals surface area contributed by atoms with E-state index in [9.17, 15) is 4.39 Å². The van der Waals surface area contributed by atoms with Crippen LogP contribution in [0.5, 0.6) is 5.75 Å². The molecule has 0 N–H and O–H groups in total. The molecule has 0 aliphatic carbocycles. The number of benzene rings is 2. The quantitative estimate of drug-likeness (QED) is 0.472. The second-order valence-corrected chi connectivity index (χ2v) is 8.87. The third-order valence-corrected chi connectivity index (χ3v) is 6.56. The van der Waals surface area contributed by atoms with Crippen LogP contribution in [0.2, 0.25) is 0 Å². The fraction of sp³-hybridized carbons (Fsp3) is 0.478. The van der Waals surface area contributed by atoms with E-state index in [0.717, 1.165) is 49.7 Å². The average Bonchev–Trinajstić information content (AvgIpc) is 2.72. The van der Waals surface area contributed by atoms with Gasteiger partial charge in [-0.2, -0.15) is 0 Å². The van der Waals surface area contributed by atoms with Gasteiger partial charge < -0.3 is 9.64 Å². The topological polar surface area (TPSA) is 15.7 Å². The molecule has 0 saturated carbocycles. The highest BCUT2D eigenvalue weighted by atomic mass is 32.2. The van der Waals surface area contributed by atoms with E-state index < -0.39 is 0 Å². The first-order chi connectivity index (χ1) is 13.8. The maximum Gasteiger partial charge on any atom is 0.124 e. The molecular formula is C23H29FN2OS. The number of fused-ring (bicyclic) bond motifs is 1. The number of hydrogen-bond donors (Lipinski definition) is 0. The van der Waals surface area contributed by atoms with Gasteiger partial charge >= 0.3 is 0 Å². The summed E-state index contributed by atoms with van der Waals surface area (Å²) in [6.45, 7) is 6.25. The molecule has 2 aliphatic rings. The molecule has 0 bridgehead atoms. The Labute approximate surface area is 172 Å². The molecule has 0 aromatic heterocycles. The van der Waals surface area contributed by atoms with Crippen molar-refractivity contribution >= 4 is 11.9 Å². The van der Waals surface area contributed by atoms with Crippen LogP contribution in [0, 0.1) is 5.82 Å². The number of ether oxygens (including phenoxy) is 1. The van der Waals surface area contributed by atoms with Crippen molar-refractivity contribution in [3.63, 3.8) is 0 Å². The van der Waals surface area contributed by atoms with Gasteiger partial charge in [0.2, 0.25) is 0 Å². The predicted molar refractivity (Wildman–Crippen MR) is 113 cm³/mol. The van der Waals surface area contributed by atoms with Gasteiger partial charge in [-0.25, -0.2) is 8.70 Å². The SMILES string of the molecule is Fc1cccc(SN2CCc3ccc(OCCCN4CCCCC4)cc3C2)c1. The van der Waals surface area contributed by atoms with E-state index in [-0.39, 0.29) is 5.82 Å². The van der Waals surface area contributed by atoms with Gasteiger partial charge in [0.25, 0.3) is 0 Å². The van der Waals surface area contributed by atoms with E-state index >= 15 is 0 Å². The van der Waals surface area contributed by atoms with Crippen LogP contribution >= 0.6 is 11.9 Å². The highest BCUT2D eigenvalue weighted by Gasteiger charge is 2.18. The second-order valence-electron chi connectivity index (χ2n) is 7.70. The number of nitrogens with zero attached hydrogens (tertiary/aromatic N) is 2. The fourth-order valence-electron chi connectivity index (χ4n) is 4.01. The standard InChI is InChI=1S/C23H29FN2OS/c24-21-6-4-7-23(17-21)28-26-14-10-19-8-9-22(16-20(19)18-26)27-15-5-13-25-11-2-1-3-12-25/h4,6-9,16-17H,1-3,5,10-15,18H2. The zero-order valence-electron chi connectivity index (χ0n) is 16.4. The second kappa shape index (κ2) is 9.77. The summed E-state index contributed by atoms with van der Waals surface area (Å²) in [6.07, 6.45) is 6.17. The summed E-state index contributed by atoms with van der Waals surface area (Å²) in [6, 6.07) is 13.3. The molecule has 2 heterocycles. The lowest BCUT2D eigenvalue weighted by molar-refractivity contribution is 0.205. The molecular weight excluding hydrogens is 371 g/mol. The Morgan fingerprint density at radius 1 is 0.964 bits per heavy atom. The molecule has 1 saturated heterocycles. The number of piperidine rings is 1. The molecule has 0 atom stereocenters. The summed E-state index contributed by atoms with van der Waals surface area (Å²) in [4.78, 5) is 3.51. The van der Waals surface area contributed by atoms with Gasteiger partial charge in [0, 0.05) is 24.5 Å². The number of hydrogen-bond acceptors (Lipinski definition) is 4. The highest BCUT2D eigenvalue weighted by Crippen LogP contribution is 2.31. The first kappa shape index (κ1) is 19.7. The molecule has 0 radical (unpaired) electrons. The van der Waals surface area contributed by atoms with E-state index in [1.54, 1.807) is 24.1 Å². The summed E-state index contributed by atoms with van der Waals surface area (Å²) in [5.41, 5.74) is 2.72. The first-order valence-corrected chi connectivity index (χ1v) is 11.2. The van der Waals surface area contributed by atoms with Crippen LogP contribution < -0.4 is 4.74 Å². The van der Waals surface area contributed by atoms with Gasteiger partial charge in [-0.3, -0.25) is 0 Å². The van der Waals surface area contributed by atoms with Crippen molar-refractivity contribution in [3.05, 3.63) is 59.4 Å². The van der Waals surface area contributed by atoms with E-state index in [2.05, 4.69) is 27.4 Å². The molecule has 5 heteroatoms. The maximum atomic E-state index is 13.4. The third kappa shape index (κ3) is 5.49. The fourth-order valence-corrected chi connectivity index (χ4v) is 5.00. The van der Waals surface area contributed by atoms with Crippen LogP contribution in [-0.4, -0.2) is 42.0 Å². The smallest absolute Gasteiger partial charge is 0.124 e. The molecule has 28 heavy (non-hydrogen) atoms. The van der Waals surface area contributed by atoms with Crippen molar-refractivity contribution in [3.8, 4) is 5.75 Å². The summed E-state index contributed by atoms with van der Waals surface area (Å²) in [5, 5.41) is 0. The number of halogens is 1. The molecule has 2 aromatic carbocycles. The minimum Gasteiger partial charge on any atom is -0.494 e. The van der Waals surface area contributed by atoms with Crippen molar-refractivity contribution in [1.82, 2.24) is 9.21 Å². The third-order valence-electron chi connectivity index (χ3n) is 5.52. The lowest BCUT2D eigenvalue weighted by atomic mass is 10.0. The average molecular weight is 401 g/mol. The number of rotatable bonds is 7. The van der Waals surface area contributed by atoms with Gasteiger partial charge in [0.15, 0.2) is 0 Å². The summed E-state index contributed by atoms with van der Waals surface area (Å²) in [5.74, 6) is 0.789. The van der Waals surface area contributed by atoms with Crippen LogP contribution in [0.3, 0.4) is 0 Å². The predicted octanol–water partition coefficient (Wildman–Crippen LogP) is 5.15. The largest absolute Gasteiger partial charge is 0.494 e. The van der Waals surface area contributed by atoms with Gasteiger partial charge in [0.05, 0.1) is 6.61 Å². The molecule has 3 nitrogen and oxygen atoms in total. The van der Waals surface area contributed by atoms with Crippen LogP contribution in [-0.2, 0) is 13.0 Å². The van der Waals surface area contributed by atoms with Crippen molar-refractivity contribution in [1.29, 1.82) is 0 Å². The van der Waals surface area contributed by atoms with E-state index in [1.807, 2.05) is 6.07 Å². The van der Waals surface area contributed by atoms with Crippen molar-refractivity contribution < 1.29 is 9.13 Å². The minimum absolute atomic E-state index is 0.178. The van der Waals surface area contributed by atoms with Crippen LogP contribution in [0.1, 0.15) is 36.8 Å². The molecule has 4 rings (SSSR count). The Balaban J connectivity index is 1.28. The molecule has 0 unspecified atom stereocenters. The normalized spacial score (nSPS) is 18.0. The lowest BCUT2D eigenvalue weighted by Crippen LogP contribution is -2.31. The van der Waals surface area contributed by atoms with E-state index in [0.29, 0.717) is 0 Å². The Kier molecular flexibility index (Phi) is 6.89. The number of likely N-dealkylation sites (tertiary alicyclic amines) is 1. The van der Waals surface area contributed by atoms with Gasteiger partial charge in [0.1, 0.15) is 11.6 Å². The van der Waals surface area contributed by atoms with Crippen LogP contribution in [0.15, 0.2) is 47.4 Å². The zero-order chi connectivity index (χ0) is 19.2. The Morgan fingerprint density at radius 3 is 2.71 bits per heavy atom. The molecule has 1 fully saturated rings. The first-order valence-electron chi connectivity index (χ1n) is 10.4. The summed E-state index contributed by atoms with van der Waals surface area (Å²) in [7, 11) is 0. The van der Waals surface area contributed by atoms with Crippen molar-refractivity contribution in [2.24, 2.45) is 0 Å². The Morgan fingerprint density at radius 2 is 1.86 bits per heavy atom. The van der Waals surface area contributed by atoms with Crippen LogP contribution in [0.4, 0.5) is 4.39 Å². The molecule has 2 aliphatic heterocycles. The lowest BCUT2D eigenvalue weighted by Gasteiger charge is -2.28. The van der Waals surface area contributed by atoms with E-state index in [4.69, 9.17) is 4.74 Å². The van der Waals surface area contributed by atoms with Gasteiger partial charge in [-0.15, -0.1) is 0 Å². The van der Waals surface area contributed by atoms with Crippen molar-refractivity contribution in [2.45, 2.75) is 43.5 Å². The monoisotopic (exact) mass is 400 g/mol. The van der Waals surface area contributed by atoms with E-state index in [1.165, 1.54) is 49.5 Å². The maximum absolute atomic E-state index is 13.4. The van der Waals surface area contributed by atoms with Crippen molar-refractivity contribution in [2.75, 3.05) is 32.8 Å². The minimum atomic E-state index is -0.178. The van der Waals surface area contributed by atoms with Crippen LogP contribution in [0.25, 0.3) is 0 Å². The molecule has 2 aromatic rings. The zero-order valence-corrected chi connectivity index (χ0v) is 17.2. The molecule has 0 amide bonds. The summed E-state index contributed by atoms with van der Waals surface area (Å²) < 4.78 is 21.8. The van der Waals surface area contributed by atoms with Gasteiger partial charge in [-0.1, -0.05) is 18.6 Å². The molecule has 150 valence electrons. The summed E-state index contributed by atoms with van der Waals surface area (Å²) >= 11 is 1.63. The Bertz CT molecular complexity index is 779.